The van der Waals surface area contributed by atoms with Crippen molar-refractivity contribution in [2.75, 3.05) is 0 Å². The summed E-state index contributed by atoms with van der Waals surface area (Å²) in [6.45, 7) is 0. The fourth-order valence-corrected chi connectivity index (χ4v) is 8.16. The maximum Gasteiger partial charge on any atom is 0.218 e. The number of hydrogen-bond donors (Lipinski definition) is 0. The van der Waals surface area contributed by atoms with Crippen LogP contribution in [0.4, 0.5) is 0 Å². The third-order valence-electron chi connectivity index (χ3n) is 5.49. The molecule has 18 heavy (non-hydrogen) atoms. The lowest BCUT2D eigenvalue weighted by Gasteiger charge is -2.35. The van der Waals surface area contributed by atoms with E-state index in [0.29, 0.717) is 11.8 Å². The molecule has 0 aromatic rings. The van der Waals surface area contributed by atoms with Gasteiger partial charge in [0, 0.05) is 11.3 Å². The molecule has 102 valence electrons. The van der Waals surface area contributed by atoms with E-state index in [1.165, 1.54) is 32.1 Å². The van der Waals surface area contributed by atoms with Crippen LogP contribution in [0.3, 0.4) is 0 Å². The van der Waals surface area contributed by atoms with Gasteiger partial charge in [0.05, 0.1) is 7.35 Å². The van der Waals surface area contributed by atoms with Gasteiger partial charge in [-0.1, -0.05) is 58.0 Å². The summed E-state index contributed by atoms with van der Waals surface area (Å²) in [5.41, 5.74) is 0. The molecular weight excluding hydrogens is 456 g/mol. The first-order chi connectivity index (χ1) is 8.53. The lowest BCUT2D eigenvalue weighted by molar-refractivity contribution is -0.537. The Hall–Kier alpha value is 0.860. The van der Waals surface area contributed by atoms with Gasteiger partial charge >= 0.3 is 0 Å². The van der Waals surface area contributed by atoms with Crippen LogP contribution < -0.4 is 0 Å². The number of hydrogen-bond acceptors (Lipinski definition) is 2. The predicted molar refractivity (Wildman–Crippen MR) is 87.8 cm³/mol. The average molecular weight is 475 g/mol. The van der Waals surface area contributed by atoms with Crippen LogP contribution in [0.5, 0.6) is 0 Å². The molecule has 0 bridgehead atoms. The molecule has 0 saturated heterocycles. The van der Waals surface area contributed by atoms with Gasteiger partial charge in [-0.15, -0.1) is 0 Å². The second-order valence-electron chi connectivity index (χ2n) is 6.20. The van der Waals surface area contributed by atoms with Crippen LogP contribution in [0, 0.1) is 33.8 Å². The lowest BCUT2D eigenvalue weighted by Crippen LogP contribution is -2.43. The van der Waals surface area contributed by atoms with Crippen LogP contribution in [-0.2, 0) is 0 Å². The Bertz CT molecular complexity index is 361. The van der Waals surface area contributed by atoms with Gasteiger partial charge in [0.25, 0.3) is 0 Å². The molecule has 0 N–H and O–H groups in total. The molecule has 0 amide bonds. The highest BCUT2D eigenvalue weighted by Crippen LogP contribution is 2.65. The second kappa shape index (κ2) is 5.00. The summed E-state index contributed by atoms with van der Waals surface area (Å²) in [6, 6.07) is -0.275. The minimum atomic E-state index is -0.275. The van der Waals surface area contributed by atoms with Gasteiger partial charge in [-0.3, -0.25) is 10.1 Å². The van der Waals surface area contributed by atoms with Crippen LogP contribution in [-0.4, -0.2) is 12.4 Å². The first-order valence-electron chi connectivity index (χ1n) is 7.04. The van der Waals surface area contributed by atoms with E-state index in [0.717, 1.165) is 24.7 Å². The van der Waals surface area contributed by atoms with E-state index in [4.69, 9.17) is 0 Å². The zero-order valence-corrected chi connectivity index (χ0v) is 14.7. The Morgan fingerprint density at radius 3 is 2.39 bits per heavy atom. The van der Waals surface area contributed by atoms with E-state index in [2.05, 4.69) is 45.2 Å². The molecule has 5 atom stereocenters. The van der Waals surface area contributed by atoms with Crippen molar-refractivity contribution < 1.29 is 4.92 Å². The molecule has 0 aromatic heterocycles. The number of halogens is 2. The summed E-state index contributed by atoms with van der Waals surface area (Å²) >= 11 is 5.13. The summed E-state index contributed by atoms with van der Waals surface area (Å²) in [6.07, 6.45) is 8.41. The molecule has 3 fully saturated rings. The molecule has 3 aliphatic rings. The maximum atomic E-state index is 11.4. The number of nitrogens with zero attached hydrogens (tertiary/aromatic N) is 1. The third kappa shape index (κ3) is 2.02. The third-order valence-corrected chi connectivity index (χ3v) is 8.53. The van der Waals surface area contributed by atoms with Crippen LogP contribution in [0.1, 0.15) is 44.9 Å². The zero-order valence-electron chi connectivity index (χ0n) is 10.4. The van der Waals surface area contributed by atoms with Crippen molar-refractivity contribution in [3.05, 3.63) is 10.1 Å². The van der Waals surface area contributed by atoms with E-state index in [1.807, 2.05) is 0 Å². The molecule has 3 rings (SSSR count). The molecule has 0 radical (unpaired) electrons. The van der Waals surface area contributed by atoms with Crippen molar-refractivity contribution in [3.63, 3.8) is 0 Å². The first kappa shape index (κ1) is 13.8. The monoisotopic (exact) mass is 475 g/mol. The van der Waals surface area contributed by atoms with Crippen molar-refractivity contribution in [3.8, 4) is 0 Å². The normalized spacial score (nSPS) is 46.2. The average Bonchev–Trinajstić information content (AvgIpc) is 2.60. The molecule has 0 spiro atoms. The van der Waals surface area contributed by atoms with E-state index in [9.17, 15) is 10.1 Å². The second-order valence-corrected chi connectivity index (χ2v) is 11.8. The Labute approximate surface area is 135 Å². The van der Waals surface area contributed by atoms with Crippen molar-refractivity contribution >= 4 is 45.2 Å². The SMILES string of the molecule is O=[N+]([O-])C1CCCC2C3CCCCC3C(I)(I)C21. The predicted octanol–water partition coefficient (Wildman–Crippen LogP) is 4.43. The lowest BCUT2D eigenvalue weighted by atomic mass is 9.72. The fraction of sp³-hybridized carbons (Fsp3) is 1.00. The minimum absolute atomic E-state index is 0.0280. The highest BCUT2D eigenvalue weighted by Gasteiger charge is 2.63. The number of rotatable bonds is 1. The van der Waals surface area contributed by atoms with Gasteiger partial charge in [-0.25, -0.2) is 0 Å². The van der Waals surface area contributed by atoms with E-state index in [1.54, 1.807) is 0 Å². The van der Waals surface area contributed by atoms with Crippen molar-refractivity contribution in [1.29, 1.82) is 0 Å². The molecule has 3 saturated carbocycles. The van der Waals surface area contributed by atoms with Crippen molar-refractivity contribution in [2.45, 2.75) is 52.4 Å². The summed E-state index contributed by atoms with van der Waals surface area (Å²) in [4.78, 5) is 11.4. The quantitative estimate of drug-likeness (QED) is 0.244. The Kier molecular flexibility index (Phi) is 3.84. The van der Waals surface area contributed by atoms with Gasteiger partial charge in [0.15, 0.2) is 0 Å². The van der Waals surface area contributed by atoms with Gasteiger partial charge in [0.1, 0.15) is 0 Å². The topological polar surface area (TPSA) is 43.1 Å². The first-order valence-corrected chi connectivity index (χ1v) is 9.20. The van der Waals surface area contributed by atoms with Gasteiger partial charge in [-0.05, 0) is 43.4 Å². The Balaban J connectivity index is 1.96. The molecule has 3 nitrogen and oxygen atoms in total. The Morgan fingerprint density at radius 1 is 1.00 bits per heavy atom. The largest absolute Gasteiger partial charge is 0.264 e. The smallest absolute Gasteiger partial charge is 0.218 e. The number of fused-ring (bicyclic) bond motifs is 3. The summed E-state index contributed by atoms with van der Waals surface area (Å²) in [5, 5.41) is 11.4. The van der Waals surface area contributed by atoms with Crippen LogP contribution in [0.25, 0.3) is 0 Å². The van der Waals surface area contributed by atoms with Crippen molar-refractivity contribution in [2.24, 2.45) is 23.7 Å². The van der Waals surface area contributed by atoms with Gasteiger partial charge in [-0.2, -0.15) is 0 Å². The molecule has 0 aromatic carbocycles. The van der Waals surface area contributed by atoms with E-state index in [-0.39, 0.29) is 12.4 Å². The van der Waals surface area contributed by atoms with Gasteiger partial charge in [0.2, 0.25) is 6.04 Å². The molecule has 5 heteroatoms. The standard InChI is InChI=1S/C13H19I2NO2/c14-13(15)10-6-2-1-4-8(10)9-5-3-7-11(12(9)13)16(17)18/h8-12H,1-7H2. The number of alkyl halides is 2. The molecule has 0 aliphatic heterocycles. The zero-order chi connectivity index (χ0) is 12.9. The Morgan fingerprint density at radius 2 is 1.67 bits per heavy atom. The summed E-state index contributed by atoms with van der Waals surface area (Å²) < 4.78 is 0.128. The highest BCUT2D eigenvalue weighted by molar-refractivity contribution is 14.2. The number of nitro groups is 1. The van der Waals surface area contributed by atoms with Crippen molar-refractivity contribution in [1.82, 2.24) is 0 Å². The molecule has 3 aliphatic carbocycles. The van der Waals surface area contributed by atoms with Crippen LogP contribution in [0.15, 0.2) is 0 Å². The van der Waals surface area contributed by atoms with Gasteiger partial charge < -0.3 is 0 Å². The summed E-state index contributed by atoms with van der Waals surface area (Å²) in [7, 11) is 0. The van der Waals surface area contributed by atoms with E-state index < -0.39 is 0 Å². The van der Waals surface area contributed by atoms with E-state index >= 15 is 0 Å². The molecule has 5 unspecified atom stereocenters. The summed E-state index contributed by atoms with van der Waals surface area (Å²) in [5.74, 6) is 2.45. The fourth-order valence-electron chi connectivity index (χ4n) is 4.86. The maximum absolute atomic E-state index is 11.4. The van der Waals surface area contributed by atoms with Crippen LogP contribution >= 0.6 is 45.2 Å². The molecular formula is C13H19I2NO2. The minimum Gasteiger partial charge on any atom is -0.264 e. The van der Waals surface area contributed by atoms with Crippen LogP contribution in [0.2, 0.25) is 0 Å². The molecule has 0 heterocycles. The highest BCUT2D eigenvalue weighted by atomic mass is 127.